The molecular weight excluding hydrogens is 364 g/mol. The first kappa shape index (κ1) is 19.1. The Morgan fingerprint density at radius 1 is 1.15 bits per heavy atom. The number of nitrogens with one attached hydrogen (secondary N) is 1. The molecule has 0 aliphatic carbocycles. The summed E-state index contributed by atoms with van der Waals surface area (Å²) in [7, 11) is 0. The molecule has 5 nitrogen and oxygen atoms in total. The van der Waals surface area contributed by atoms with Gasteiger partial charge < -0.3 is 10.2 Å². The number of halogens is 4. The molecule has 2 heterocycles. The second kappa shape index (κ2) is 7.89. The van der Waals surface area contributed by atoms with Gasteiger partial charge in [-0.15, -0.1) is 0 Å². The Kier molecular flexibility index (Phi) is 5.57. The van der Waals surface area contributed by atoms with Crippen LogP contribution < -0.4 is 10.2 Å². The highest BCUT2D eigenvalue weighted by Gasteiger charge is 2.33. The van der Waals surface area contributed by atoms with E-state index >= 15 is 0 Å². The number of piperidine rings is 1. The Bertz CT molecular complexity index is 787. The number of hydrogen-bond donors (Lipinski definition) is 1. The molecule has 0 atom stereocenters. The van der Waals surface area contributed by atoms with Crippen molar-refractivity contribution < 1.29 is 22.4 Å². The molecular formula is C18H18F4N4O. The van der Waals surface area contributed by atoms with Crippen LogP contribution in [-0.4, -0.2) is 35.0 Å². The monoisotopic (exact) mass is 382 g/mol. The Labute approximate surface area is 153 Å². The minimum atomic E-state index is -4.51. The number of amides is 1. The molecule has 1 amide bonds. The summed E-state index contributed by atoms with van der Waals surface area (Å²) in [5.41, 5.74) is -0.255. The smallest absolute Gasteiger partial charge is 0.356 e. The van der Waals surface area contributed by atoms with Gasteiger partial charge in [0.1, 0.15) is 23.7 Å². The van der Waals surface area contributed by atoms with Gasteiger partial charge in [0, 0.05) is 25.2 Å². The molecule has 0 unspecified atom stereocenters. The first-order chi connectivity index (χ1) is 12.8. The molecule has 0 spiro atoms. The van der Waals surface area contributed by atoms with Gasteiger partial charge in [-0.25, -0.2) is 14.4 Å². The molecule has 1 aromatic heterocycles. The van der Waals surface area contributed by atoms with Gasteiger partial charge in [-0.2, -0.15) is 13.2 Å². The van der Waals surface area contributed by atoms with Crippen LogP contribution >= 0.6 is 0 Å². The average molecular weight is 382 g/mol. The Morgan fingerprint density at radius 2 is 1.81 bits per heavy atom. The number of aromatic nitrogens is 2. The highest BCUT2D eigenvalue weighted by atomic mass is 19.4. The highest BCUT2D eigenvalue weighted by Crippen LogP contribution is 2.29. The molecule has 27 heavy (non-hydrogen) atoms. The molecule has 2 aromatic rings. The zero-order valence-electron chi connectivity index (χ0n) is 14.3. The van der Waals surface area contributed by atoms with E-state index in [4.69, 9.17) is 0 Å². The summed E-state index contributed by atoms with van der Waals surface area (Å²) in [6.07, 6.45) is -2.25. The van der Waals surface area contributed by atoms with Crippen molar-refractivity contribution >= 4 is 11.7 Å². The third-order valence-electron chi connectivity index (χ3n) is 4.41. The number of carbonyl (C=O) groups excluding carboxylic acids is 1. The Hall–Kier alpha value is -2.71. The van der Waals surface area contributed by atoms with E-state index in [0.717, 1.165) is 12.4 Å². The summed E-state index contributed by atoms with van der Waals surface area (Å²) in [6.45, 7) is 0.964. The van der Waals surface area contributed by atoms with Crippen LogP contribution in [0.5, 0.6) is 0 Å². The molecule has 0 saturated carbocycles. The van der Waals surface area contributed by atoms with Gasteiger partial charge in [-0.05, 0) is 30.5 Å². The number of rotatable bonds is 4. The number of hydrogen-bond acceptors (Lipinski definition) is 4. The second-order valence-electron chi connectivity index (χ2n) is 6.39. The maximum atomic E-state index is 12.9. The molecule has 3 rings (SSSR count). The van der Waals surface area contributed by atoms with E-state index in [0.29, 0.717) is 31.5 Å². The second-order valence-corrected chi connectivity index (χ2v) is 6.39. The van der Waals surface area contributed by atoms with Gasteiger partial charge in [-0.3, -0.25) is 4.79 Å². The summed E-state index contributed by atoms with van der Waals surface area (Å²) >= 11 is 0. The van der Waals surface area contributed by atoms with Gasteiger partial charge >= 0.3 is 6.18 Å². The van der Waals surface area contributed by atoms with E-state index in [9.17, 15) is 22.4 Å². The standard InChI is InChI=1S/C18H18F4N4O/c19-13-3-1-12(2-4-13)9-17(27)25-14-5-7-26(8-6-14)16-10-15(18(20,21)22)23-11-24-16/h1-4,10-11,14H,5-9H2,(H,25,27). The highest BCUT2D eigenvalue weighted by molar-refractivity contribution is 5.78. The lowest BCUT2D eigenvalue weighted by Crippen LogP contribution is -2.45. The van der Waals surface area contributed by atoms with E-state index < -0.39 is 11.9 Å². The van der Waals surface area contributed by atoms with E-state index in [1.54, 1.807) is 17.0 Å². The molecule has 1 N–H and O–H groups in total. The topological polar surface area (TPSA) is 58.1 Å². The molecule has 1 aliphatic heterocycles. The van der Waals surface area contributed by atoms with Crippen molar-refractivity contribution in [2.45, 2.75) is 31.5 Å². The van der Waals surface area contributed by atoms with Gasteiger partial charge in [-0.1, -0.05) is 12.1 Å². The predicted molar refractivity (Wildman–Crippen MR) is 90.5 cm³/mol. The van der Waals surface area contributed by atoms with Crippen LogP contribution in [0.4, 0.5) is 23.4 Å². The predicted octanol–water partition coefficient (Wildman–Crippen LogP) is 2.96. The van der Waals surface area contributed by atoms with Crippen LogP contribution in [0.3, 0.4) is 0 Å². The maximum Gasteiger partial charge on any atom is 0.433 e. The third-order valence-corrected chi connectivity index (χ3v) is 4.41. The van der Waals surface area contributed by atoms with Crippen molar-refractivity contribution in [2.24, 2.45) is 0 Å². The third kappa shape index (κ3) is 5.15. The molecule has 0 radical (unpaired) electrons. The average Bonchev–Trinajstić information content (AvgIpc) is 2.64. The fourth-order valence-electron chi connectivity index (χ4n) is 2.99. The van der Waals surface area contributed by atoms with Crippen molar-refractivity contribution in [2.75, 3.05) is 18.0 Å². The Morgan fingerprint density at radius 3 is 2.44 bits per heavy atom. The summed E-state index contributed by atoms with van der Waals surface area (Å²) in [4.78, 5) is 21.0. The van der Waals surface area contributed by atoms with Gasteiger partial charge in [0.15, 0.2) is 0 Å². The molecule has 144 valence electrons. The molecule has 1 aliphatic rings. The molecule has 0 bridgehead atoms. The fraction of sp³-hybridized carbons (Fsp3) is 0.389. The van der Waals surface area contributed by atoms with Crippen molar-refractivity contribution in [3.05, 3.63) is 53.7 Å². The van der Waals surface area contributed by atoms with Crippen LogP contribution in [0.25, 0.3) is 0 Å². The van der Waals surface area contributed by atoms with E-state index in [1.807, 2.05) is 0 Å². The molecule has 1 aromatic carbocycles. The zero-order valence-corrected chi connectivity index (χ0v) is 14.3. The number of benzene rings is 1. The molecule has 1 fully saturated rings. The minimum Gasteiger partial charge on any atom is -0.356 e. The van der Waals surface area contributed by atoms with E-state index in [2.05, 4.69) is 15.3 Å². The summed E-state index contributed by atoms with van der Waals surface area (Å²) in [6, 6.07) is 6.61. The van der Waals surface area contributed by atoms with Crippen LogP contribution in [0.2, 0.25) is 0 Å². The fourth-order valence-corrected chi connectivity index (χ4v) is 2.99. The largest absolute Gasteiger partial charge is 0.433 e. The number of alkyl halides is 3. The first-order valence-electron chi connectivity index (χ1n) is 8.49. The van der Waals surface area contributed by atoms with Gasteiger partial charge in [0.25, 0.3) is 0 Å². The lowest BCUT2D eigenvalue weighted by Gasteiger charge is -2.33. The lowest BCUT2D eigenvalue weighted by molar-refractivity contribution is -0.141. The van der Waals surface area contributed by atoms with Crippen LogP contribution in [0.15, 0.2) is 36.7 Å². The van der Waals surface area contributed by atoms with Crippen LogP contribution in [-0.2, 0) is 17.4 Å². The summed E-state index contributed by atoms with van der Waals surface area (Å²) in [5.74, 6) is -0.292. The number of nitrogens with zero attached hydrogens (tertiary/aromatic N) is 3. The Balaban J connectivity index is 1.51. The normalized spacial score (nSPS) is 15.6. The van der Waals surface area contributed by atoms with Crippen molar-refractivity contribution in [3.8, 4) is 0 Å². The maximum absolute atomic E-state index is 12.9. The zero-order chi connectivity index (χ0) is 19.4. The lowest BCUT2D eigenvalue weighted by atomic mass is 10.0. The minimum absolute atomic E-state index is 0.0573. The molecule has 1 saturated heterocycles. The van der Waals surface area contributed by atoms with Crippen molar-refractivity contribution in [1.29, 1.82) is 0 Å². The van der Waals surface area contributed by atoms with Gasteiger partial charge in [0.2, 0.25) is 5.91 Å². The van der Waals surface area contributed by atoms with E-state index in [-0.39, 0.29) is 30.0 Å². The number of carbonyl (C=O) groups is 1. The summed E-state index contributed by atoms with van der Waals surface area (Å²) < 4.78 is 51.2. The van der Waals surface area contributed by atoms with Gasteiger partial charge in [0.05, 0.1) is 6.42 Å². The van der Waals surface area contributed by atoms with Crippen molar-refractivity contribution in [3.63, 3.8) is 0 Å². The first-order valence-corrected chi connectivity index (χ1v) is 8.49. The van der Waals surface area contributed by atoms with Crippen LogP contribution in [0.1, 0.15) is 24.1 Å². The van der Waals surface area contributed by atoms with Crippen molar-refractivity contribution in [1.82, 2.24) is 15.3 Å². The van der Waals surface area contributed by atoms with Crippen LogP contribution in [0, 0.1) is 5.82 Å². The summed E-state index contributed by atoms with van der Waals surface area (Å²) in [5, 5.41) is 2.92. The SMILES string of the molecule is O=C(Cc1ccc(F)cc1)NC1CCN(c2cc(C(F)(F)F)ncn2)CC1. The number of anilines is 1. The molecule has 9 heteroatoms. The quantitative estimate of drug-likeness (QED) is 0.826. The van der Waals surface area contributed by atoms with E-state index in [1.165, 1.54) is 12.1 Å².